The quantitative estimate of drug-likeness (QED) is 0.298. The molecule has 0 saturated heterocycles. The maximum atomic E-state index is 12.0. The lowest BCUT2D eigenvalue weighted by atomic mass is 10.1. The standard InChI is InChI=1S/C18H18N2O9S3/c1-19-13-4-2-3-11(5-13)10-20-16-8-14(30(21,22)23)6-12-7-15(31(24,25)26)9-17(18(12)16)32(27,28)29/h2-9,19-20H,10H2,1H3,(H,21,22,23)(H,24,25,26)(H,27,28,29). The van der Waals surface area contributed by atoms with Gasteiger partial charge < -0.3 is 10.6 Å². The normalized spacial score (nSPS) is 12.6. The van der Waals surface area contributed by atoms with Crippen molar-refractivity contribution in [2.24, 2.45) is 0 Å². The first kappa shape index (κ1) is 23.9. The molecule has 0 radical (unpaired) electrons. The molecule has 0 aliphatic rings. The van der Waals surface area contributed by atoms with Crippen molar-refractivity contribution in [2.45, 2.75) is 21.2 Å². The molecule has 0 heterocycles. The third-order valence-electron chi connectivity index (χ3n) is 4.53. The molecule has 3 rings (SSSR count). The summed E-state index contributed by atoms with van der Waals surface area (Å²) in [6.45, 7) is 0.0739. The van der Waals surface area contributed by atoms with Crippen LogP contribution in [-0.4, -0.2) is 46.0 Å². The van der Waals surface area contributed by atoms with Crippen LogP contribution in [0.15, 0.2) is 63.2 Å². The van der Waals surface area contributed by atoms with Crippen LogP contribution in [0.25, 0.3) is 10.8 Å². The Morgan fingerprint density at radius 2 is 1.38 bits per heavy atom. The number of fused-ring (bicyclic) bond motifs is 1. The molecule has 0 aliphatic carbocycles. The van der Waals surface area contributed by atoms with Crippen LogP contribution in [0, 0.1) is 0 Å². The summed E-state index contributed by atoms with van der Waals surface area (Å²) < 4.78 is 99.1. The van der Waals surface area contributed by atoms with Crippen molar-refractivity contribution in [1.82, 2.24) is 0 Å². The summed E-state index contributed by atoms with van der Waals surface area (Å²) in [6.07, 6.45) is 0. The average molecular weight is 503 g/mol. The van der Waals surface area contributed by atoms with Crippen LogP contribution in [-0.2, 0) is 36.9 Å². The van der Waals surface area contributed by atoms with Crippen molar-refractivity contribution in [2.75, 3.05) is 17.7 Å². The predicted octanol–water partition coefficient (Wildman–Crippen LogP) is 2.23. The van der Waals surface area contributed by atoms with Gasteiger partial charge in [0.2, 0.25) is 0 Å². The average Bonchev–Trinajstić information content (AvgIpc) is 2.69. The Bertz CT molecular complexity index is 1530. The highest BCUT2D eigenvalue weighted by molar-refractivity contribution is 7.87. The lowest BCUT2D eigenvalue weighted by molar-refractivity contribution is 0.480. The Hall–Kier alpha value is -2.75. The Balaban J connectivity index is 2.31. The third-order valence-corrected chi connectivity index (χ3v) is 7.07. The van der Waals surface area contributed by atoms with Gasteiger partial charge in [-0.05, 0) is 47.3 Å². The number of anilines is 2. The van der Waals surface area contributed by atoms with Crippen LogP contribution in [0.1, 0.15) is 5.56 Å². The zero-order valence-corrected chi connectivity index (χ0v) is 18.8. The van der Waals surface area contributed by atoms with Gasteiger partial charge in [0.05, 0.1) is 9.79 Å². The number of hydrogen-bond acceptors (Lipinski definition) is 8. The summed E-state index contributed by atoms with van der Waals surface area (Å²) in [6, 6.07) is 10.2. The SMILES string of the molecule is CNc1cccc(CNc2cc(S(=O)(=O)O)cc3cc(S(=O)(=O)O)cc(S(=O)(=O)O)c23)c1. The molecule has 32 heavy (non-hydrogen) atoms. The summed E-state index contributed by atoms with van der Waals surface area (Å²) in [4.78, 5) is -2.43. The van der Waals surface area contributed by atoms with E-state index in [1.807, 2.05) is 0 Å². The molecule has 0 unspecified atom stereocenters. The second kappa shape index (κ2) is 8.31. The second-order valence-electron chi connectivity index (χ2n) is 6.72. The van der Waals surface area contributed by atoms with Crippen molar-refractivity contribution < 1.29 is 38.9 Å². The molecule has 0 aliphatic heterocycles. The molecular formula is C18H18N2O9S3. The fourth-order valence-electron chi connectivity index (χ4n) is 3.10. The Morgan fingerprint density at radius 1 is 0.781 bits per heavy atom. The van der Waals surface area contributed by atoms with Crippen LogP contribution < -0.4 is 10.6 Å². The molecule has 172 valence electrons. The second-order valence-corrected chi connectivity index (χ2v) is 11.0. The summed E-state index contributed by atoms with van der Waals surface area (Å²) in [7, 11) is -13.0. The zero-order valence-electron chi connectivity index (χ0n) is 16.3. The summed E-state index contributed by atoms with van der Waals surface area (Å²) in [5.74, 6) is 0. The van der Waals surface area contributed by atoms with Gasteiger partial charge in [0, 0.05) is 30.4 Å². The van der Waals surface area contributed by atoms with Gasteiger partial charge in [-0.3, -0.25) is 13.7 Å². The lowest BCUT2D eigenvalue weighted by Gasteiger charge is -2.15. The maximum Gasteiger partial charge on any atom is 0.295 e. The highest BCUT2D eigenvalue weighted by atomic mass is 32.2. The Labute approximate surface area is 184 Å². The third kappa shape index (κ3) is 5.17. The van der Waals surface area contributed by atoms with E-state index in [1.54, 1.807) is 31.3 Å². The zero-order chi connectivity index (χ0) is 23.9. The minimum absolute atomic E-state index is 0.0739. The molecule has 0 saturated carbocycles. The van der Waals surface area contributed by atoms with Crippen molar-refractivity contribution in [1.29, 1.82) is 0 Å². The van der Waals surface area contributed by atoms with E-state index in [0.717, 1.165) is 23.9 Å². The van der Waals surface area contributed by atoms with Crippen LogP contribution in [0.3, 0.4) is 0 Å². The highest BCUT2D eigenvalue weighted by Crippen LogP contribution is 2.35. The number of hydrogen-bond donors (Lipinski definition) is 5. The lowest BCUT2D eigenvalue weighted by Crippen LogP contribution is -2.09. The Kier molecular flexibility index (Phi) is 6.21. The van der Waals surface area contributed by atoms with Crippen molar-refractivity contribution in [3.63, 3.8) is 0 Å². The molecule has 0 atom stereocenters. The van der Waals surface area contributed by atoms with Gasteiger partial charge in [-0.15, -0.1) is 0 Å². The highest BCUT2D eigenvalue weighted by Gasteiger charge is 2.24. The molecule has 3 aromatic carbocycles. The van der Waals surface area contributed by atoms with E-state index in [0.29, 0.717) is 11.6 Å². The number of nitrogens with one attached hydrogen (secondary N) is 2. The molecular weight excluding hydrogens is 484 g/mol. The molecule has 0 fully saturated rings. The minimum Gasteiger partial charge on any atom is -0.388 e. The first-order valence-electron chi connectivity index (χ1n) is 8.75. The van der Waals surface area contributed by atoms with E-state index in [2.05, 4.69) is 10.6 Å². The van der Waals surface area contributed by atoms with Crippen molar-refractivity contribution >= 4 is 52.5 Å². The van der Waals surface area contributed by atoms with E-state index >= 15 is 0 Å². The van der Waals surface area contributed by atoms with Crippen molar-refractivity contribution in [3.8, 4) is 0 Å². The monoisotopic (exact) mass is 502 g/mol. The van der Waals surface area contributed by atoms with Crippen LogP contribution in [0.5, 0.6) is 0 Å². The van der Waals surface area contributed by atoms with Crippen LogP contribution in [0.2, 0.25) is 0 Å². The molecule has 0 amide bonds. The van der Waals surface area contributed by atoms with E-state index in [9.17, 15) is 38.9 Å². The van der Waals surface area contributed by atoms with Gasteiger partial charge in [-0.2, -0.15) is 25.3 Å². The van der Waals surface area contributed by atoms with E-state index in [1.165, 1.54) is 0 Å². The van der Waals surface area contributed by atoms with E-state index < -0.39 is 45.0 Å². The predicted molar refractivity (Wildman–Crippen MR) is 117 cm³/mol. The van der Waals surface area contributed by atoms with Gasteiger partial charge >= 0.3 is 0 Å². The summed E-state index contributed by atoms with van der Waals surface area (Å²) >= 11 is 0. The number of rotatable bonds is 7. The van der Waals surface area contributed by atoms with Gasteiger partial charge in [-0.1, -0.05) is 12.1 Å². The van der Waals surface area contributed by atoms with Crippen molar-refractivity contribution in [3.05, 3.63) is 54.1 Å². The first-order valence-corrected chi connectivity index (χ1v) is 13.1. The number of benzene rings is 3. The maximum absolute atomic E-state index is 12.0. The fourth-order valence-corrected chi connectivity index (χ4v) is 5.02. The molecule has 0 bridgehead atoms. The summed E-state index contributed by atoms with van der Waals surface area (Å²) in [5, 5.41) is 5.27. The molecule has 14 heteroatoms. The van der Waals surface area contributed by atoms with E-state index in [-0.39, 0.29) is 23.0 Å². The molecule has 0 aromatic heterocycles. The molecule has 11 nitrogen and oxygen atoms in total. The van der Waals surface area contributed by atoms with Crippen LogP contribution in [0.4, 0.5) is 11.4 Å². The Morgan fingerprint density at radius 3 is 1.91 bits per heavy atom. The van der Waals surface area contributed by atoms with Gasteiger partial charge in [0.1, 0.15) is 4.90 Å². The van der Waals surface area contributed by atoms with Gasteiger partial charge in [0.25, 0.3) is 30.4 Å². The first-order chi connectivity index (χ1) is 14.7. The molecule has 3 aromatic rings. The molecule has 0 spiro atoms. The fraction of sp³-hybridized carbons (Fsp3) is 0.111. The van der Waals surface area contributed by atoms with Gasteiger partial charge in [0.15, 0.2) is 0 Å². The van der Waals surface area contributed by atoms with E-state index in [4.69, 9.17) is 0 Å². The minimum atomic E-state index is -5.01. The van der Waals surface area contributed by atoms with Crippen LogP contribution >= 0.6 is 0 Å². The molecule has 5 N–H and O–H groups in total. The largest absolute Gasteiger partial charge is 0.388 e. The summed E-state index contributed by atoms with van der Waals surface area (Å²) in [5.41, 5.74) is 1.36. The smallest absolute Gasteiger partial charge is 0.295 e. The topological polar surface area (TPSA) is 187 Å². The van der Waals surface area contributed by atoms with Gasteiger partial charge in [-0.25, -0.2) is 0 Å².